The number of benzene rings is 1. The van der Waals surface area contributed by atoms with Gasteiger partial charge in [-0.15, -0.1) is 0 Å². The molecule has 2 rings (SSSR count). The smallest absolute Gasteiger partial charge is 0.377 e. The molecule has 0 atom stereocenters. The number of carboxylic acid groups (broad SMARTS) is 1. The van der Waals surface area contributed by atoms with Gasteiger partial charge in [-0.05, 0) is 31.5 Å². The molecule has 5 heteroatoms. The summed E-state index contributed by atoms with van der Waals surface area (Å²) in [7, 11) is 1.53. The number of aryl methyl sites for hydroxylation is 2. The van der Waals surface area contributed by atoms with Gasteiger partial charge in [-0.3, -0.25) is 4.79 Å². The molecule has 1 aromatic heterocycles. The third-order valence-electron chi connectivity index (χ3n) is 2.84. The van der Waals surface area contributed by atoms with Crippen LogP contribution in [-0.4, -0.2) is 29.0 Å². The molecular weight excluding hydrogens is 234 g/mol. The Balaban J connectivity index is 2.83. The zero-order valence-electron chi connectivity index (χ0n) is 10.3. The maximum atomic E-state index is 11.7. The molecule has 5 nitrogen and oxygen atoms in total. The molecule has 2 N–H and O–H groups in total. The van der Waals surface area contributed by atoms with Crippen molar-refractivity contribution in [3.63, 3.8) is 0 Å². The molecule has 0 saturated heterocycles. The third-order valence-corrected chi connectivity index (χ3v) is 2.84. The van der Waals surface area contributed by atoms with Crippen molar-refractivity contribution in [1.29, 1.82) is 0 Å². The molecule has 1 aromatic carbocycles. The van der Waals surface area contributed by atoms with Crippen LogP contribution in [0.25, 0.3) is 10.9 Å². The van der Waals surface area contributed by atoms with Crippen molar-refractivity contribution in [2.24, 2.45) is 0 Å². The number of rotatable bonds is 3. The Morgan fingerprint density at radius 3 is 2.50 bits per heavy atom. The number of nitrogens with one attached hydrogen (secondary N) is 1. The second-order valence-corrected chi connectivity index (χ2v) is 4.15. The zero-order valence-corrected chi connectivity index (χ0v) is 10.3. The van der Waals surface area contributed by atoms with E-state index in [-0.39, 0.29) is 5.56 Å². The Hall–Kier alpha value is -2.30. The van der Waals surface area contributed by atoms with Crippen LogP contribution in [0.5, 0.6) is 5.75 Å². The average Bonchev–Trinajstić information content (AvgIpc) is 2.63. The Bertz CT molecular complexity index is 655. The topological polar surface area (TPSA) is 79.4 Å². The maximum absolute atomic E-state index is 11.7. The van der Waals surface area contributed by atoms with Gasteiger partial charge in [0.15, 0.2) is 0 Å². The van der Waals surface area contributed by atoms with Gasteiger partial charge in [0, 0.05) is 11.1 Å². The molecule has 0 amide bonds. The number of ether oxygens (including phenoxy) is 1. The Morgan fingerprint density at radius 1 is 1.28 bits per heavy atom. The summed E-state index contributed by atoms with van der Waals surface area (Å²) in [6.07, 6.45) is 0. The van der Waals surface area contributed by atoms with Crippen LogP contribution in [0.1, 0.15) is 21.6 Å². The summed E-state index contributed by atoms with van der Waals surface area (Å²) >= 11 is 0. The Kier molecular flexibility index (Phi) is 2.82. The normalized spacial score (nSPS) is 10.6. The van der Waals surface area contributed by atoms with Crippen LogP contribution < -0.4 is 4.74 Å². The molecule has 2 aromatic rings. The molecule has 0 radical (unpaired) electrons. The van der Waals surface area contributed by atoms with E-state index in [0.717, 1.165) is 5.56 Å². The van der Waals surface area contributed by atoms with E-state index in [9.17, 15) is 9.59 Å². The molecule has 0 spiro atoms. The number of hydrogen-bond acceptors (Lipinski definition) is 3. The maximum Gasteiger partial charge on any atom is 0.377 e. The monoisotopic (exact) mass is 247 g/mol. The van der Waals surface area contributed by atoms with Crippen LogP contribution >= 0.6 is 0 Å². The molecule has 0 fully saturated rings. The predicted octanol–water partition coefficient (Wildman–Crippen LogP) is 2.06. The van der Waals surface area contributed by atoms with Crippen LogP contribution in [0.4, 0.5) is 0 Å². The first-order valence-corrected chi connectivity index (χ1v) is 5.40. The molecule has 0 saturated carbocycles. The van der Waals surface area contributed by atoms with E-state index in [1.165, 1.54) is 7.11 Å². The molecule has 94 valence electrons. The van der Waals surface area contributed by atoms with Crippen molar-refractivity contribution < 1.29 is 19.4 Å². The van der Waals surface area contributed by atoms with Gasteiger partial charge < -0.3 is 14.8 Å². The second-order valence-electron chi connectivity index (χ2n) is 4.15. The molecule has 0 bridgehead atoms. The second kappa shape index (κ2) is 4.18. The summed E-state index contributed by atoms with van der Waals surface area (Å²) in [5.74, 6) is -1.77. The number of aromatic amines is 1. The number of aliphatic carboxylic acids is 1. The van der Waals surface area contributed by atoms with Crippen molar-refractivity contribution in [3.05, 3.63) is 29.0 Å². The SMILES string of the molecule is COc1cc(C)cc2c(C(=O)C(=O)O)c(C)[nH]c12. The van der Waals surface area contributed by atoms with Gasteiger partial charge in [-0.1, -0.05) is 0 Å². The standard InChI is InChI=1S/C13H13NO4/c1-6-4-8-10(12(15)13(16)17)7(2)14-11(8)9(5-6)18-3/h4-5,14H,1-3H3,(H,16,17). The number of carbonyl (C=O) groups is 2. The molecular formula is C13H13NO4. The molecule has 1 heterocycles. The van der Waals surface area contributed by atoms with Crippen LogP contribution in [-0.2, 0) is 4.79 Å². The lowest BCUT2D eigenvalue weighted by molar-refractivity contribution is -0.131. The fourth-order valence-electron chi connectivity index (χ4n) is 2.09. The summed E-state index contributed by atoms with van der Waals surface area (Å²) in [5.41, 5.74) is 2.27. The fourth-order valence-corrected chi connectivity index (χ4v) is 2.09. The van der Waals surface area contributed by atoms with Crippen LogP contribution in [0.15, 0.2) is 12.1 Å². The number of hydrogen-bond donors (Lipinski definition) is 2. The largest absolute Gasteiger partial charge is 0.495 e. The molecule has 0 unspecified atom stereocenters. The lowest BCUT2D eigenvalue weighted by Gasteiger charge is -2.03. The fraction of sp³-hybridized carbons (Fsp3) is 0.231. The highest BCUT2D eigenvalue weighted by Gasteiger charge is 2.23. The van der Waals surface area contributed by atoms with E-state index in [2.05, 4.69) is 4.98 Å². The minimum Gasteiger partial charge on any atom is -0.495 e. The quantitative estimate of drug-likeness (QED) is 0.642. The number of aromatic nitrogens is 1. The first-order chi connectivity index (χ1) is 8.45. The lowest BCUT2D eigenvalue weighted by atomic mass is 10.0. The number of carbonyl (C=O) groups excluding carboxylic acids is 1. The summed E-state index contributed by atoms with van der Waals surface area (Å²) in [5, 5.41) is 9.42. The number of methoxy groups -OCH3 is 1. The molecule has 0 aliphatic rings. The predicted molar refractivity (Wildman–Crippen MR) is 66.3 cm³/mol. The molecule has 18 heavy (non-hydrogen) atoms. The van der Waals surface area contributed by atoms with Gasteiger partial charge in [0.2, 0.25) is 0 Å². The first-order valence-electron chi connectivity index (χ1n) is 5.40. The van der Waals surface area contributed by atoms with Crippen molar-refractivity contribution in [2.45, 2.75) is 13.8 Å². The summed E-state index contributed by atoms with van der Waals surface area (Å²) in [4.78, 5) is 25.5. The number of carboxylic acids is 1. The van der Waals surface area contributed by atoms with E-state index in [0.29, 0.717) is 22.3 Å². The van der Waals surface area contributed by atoms with E-state index >= 15 is 0 Å². The minimum absolute atomic E-state index is 0.194. The zero-order chi connectivity index (χ0) is 13.4. The lowest BCUT2D eigenvalue weighted by Crippen LogP contribution is -2.13. The summed E-state index contributed by atoms with van der Waals surface area (Å²) < 4.78 is 5.23. The highest BCUT2D eigenvalue weighted by atomic mass is 16.5. The van der Waals surface area contributed by atoms with Crippen LogP contribution in [0.3, 0.4) is 0 Å². The van der Waals surface area contributed by atoms with Crippen molar-refractivity contribution in [1.82, 2.24) is 4.98 Å². The van der Waals surface area contributed by atoms with Crippen LogP contribution in [0.2, 0.25) is 0 Å². The van der Waals surface area contributed by atoms with Crippen molar-refractivity contribution in [2.75, 3.05) is 7.11 Å². The Labute approximate surface area is 103 Å². The van der Waals surface area contributed by atoms with Gasteiger partial charge in [-0.25, -0.2) is 4.79 Å². The molecule has 0 aliphatic carbocycles. The van der Waals surface area contributed by atoms with Gasteiger partial charge in [-0.2, -0.15) is 0 Å². The number of Topliss-reactive ketones (excluding diaryl/α,β-unsaturated/α-hetero) is 1. The summed E-state index contributed by atoms with van der Waals surface area (Å²) in [6.45, 7) is 3.53. The van der Waals surface area contributed by atoms with E-state index in [4.69, 9.17) is 9.84 Å². The van der Waals surface area contributed by atoms with Gasteiger partial charge >= 0.3 is 5.97 Å². The third kappa shape index (κ3) is 1.73. The summed E-state index contributed by atoms with van der Waals surface area (Å²) in [6, 6.07) is 3.60. The minimum atomic E-state index is -1.46. The van der Waals surface area contributed by atoms with Crippen molar-refractivity contribution in [3.8, 4) is 5.75 Å². The van der Waals surface area contributed by atoms with Crippen LogP contribution in [0, 0.1) is 13.8 Å². The number of fused-ring (bicyclic) bond motifs is 1. The van der Waals surface area contributed by atoms with E-state index in [1.54, 1.807) is 13.0 Å². The highest BCUT2D eigenvalue weighted by Crippen LogP contribution is 2.31. The highest BCUT2D eigenvalue weighted by molar-refractivity contribution is 6.42. The van der Waals surface area contributed by atoms with E-state index < -0.39 is 11.8 Å². The number of ketones is 1. The van der Waals surface area contributed by atoms with Gasteiger partial charge in [0.1, 0.15) is 5.75 Å². The van der Waals surface area contributed by atoms with Gasteiger partial charge in [0.25, 0.3) is 5.78 Å². The number of H-pyrrole nitrogens is 1. The molecule has 0 aliphatic heterocycles. The van der Waals surface area contributed by atoms with Crippen molar-refractivity contribution >= 4 is 22.7 Å². The Morgan fingerprint density at radius 2 is 1.94 bits per heavy atom. The van der Waals surface area contributed by atoms with E-state index in [1.807, 2.05) is 13.0 Å². The average molecular weight is 247 g/mol. The first kappa shape index (κ1) is 12.2. The van der Waals surface area contributed by atoms with Gasteiger partial charge in [0.05, 0.1) is 18.2 Å².